The van der Waals surface area contributed by atoms with Gasteiger partial charge in [0.2, 0.25) is 0 Å². The summed E-state index contributed by atoms with van der Waals surface area (Å²) in [7, 11) is 0. The van der Waals surface area contributed by atoms with Crippen molar-refractivity contribution in [2.45, 2.75) is 44.9 Å². The molecule has 2 heterocycles. The standard InChI is InChI=1S/C17H21Cl2N5O2.HI/c1-9(13-5-3-11(18)7-14(13)19)22-17(20)21-8-12-4-6-15(25-12)16-23-10(2)24-26-16;/h3,5,7,9,12,15H,4,6,8H2,1-2H3,(H3,20,21,22);1H/t9?,12-,15+;/m1./s1. The third-order valence-electron chi connectivity index (χ3n) is 4.18. The number of benzene rings is 1. The zero-order chi connectivity index (χ0) is 18.7. The van der Waals surface area contributed by atoms with Gasteiger partial charge in [0.25, 0.3) is 5.89 Å². The lowest BCUT2D eigenvalue weighted by Crippen LogP contribution is -2.34. The van der Waals surface area contributed by atoms with Crippen molar-refractivity contribution < 1.29 is 9.26 Å². The molecule has 1 fully saturated rings. The smallest absolute Gasteiger partial charge is 0.255 e. The first-order valence-electron chi connectivity index (χ1n) is 8.39. The largest absolute Gasteiger partial charge is 0.370 e. The molecule has 3 rings (SSSR count). The van der Waals surface area contributed by atoms with Crippen molar-refractivity contribution in [1.82, 2.24) is 15.5 Å². The topological polar surface area (TPSA) is 98.6 Å². The van der Waals surface area contributed by atoms with Crippen LogP contribution < -0.4 is 11.1 Å². The number of halogens is 3. The minimum absolute atomic E-state index is 0. The zero-order valence-corrected chi connectivity index (χ0v) is 18.8. The number of guanidine groups is 1. The van der Waals surface area contributed by atoms with E-state index in [9.17, 15) is 0 Å². The lowest BCUT2D eigenvalue weighted by atomic mass is 10.1. The van der Waals surface area contributed by atoms with Crippen molar-refractivity contribution in [2.24, 2.45) is 10.7 Å². The van der Waals surface area contributed by atoms with E-state index in [0.29, 0.717) is 34.3 Å². The minimum atomic E-state index is -0.169. The van der Waals surface area contributed by atoms with E-state index >= 15 is 0 Å². The van der Waals surface area contributed by atoms with Crippen LogP contribution in [0.25, 0.3) is 0 Å². The molecule has 7 nitrogen and oxygen atoms in total. The Hall–Kier alpha value is -1.10. The summed E-state index contributed by atoms with van der Waals surface area (Å²) in [5, 5.41) is 8.10. The van der Waals surface area contributed by atoms with Crippen LogP contribution in [0.5, 0.6) is 0 Å². The number of aliphatic imine (C=N–C) groups is 1. The Kier molecular flexibility index (Phi) is 8.14. The molecule has 0 amide bonds. The van der Waals surface area contributed by atoms with Gasteiger partial charge in [-0.15, -0.1) is 24.0 Å². The molecule has 148 valence electrons. The molecular formula is C17H22Cl2IN5O2. The number of rotatable bonds is 5. The maximum atomic E-state index is 6.22. The number of nitrogens with two attached hydrogens (primary N) is 1. The van der Waals surface area contributed by atoms with Gasteiger partial charge in [0, 0.05) is 10.0 Å². The first-order valence-corrected chi connectivity index (χ1v) is 9.15. The lowest BCUT2D eigenvalue weighted by Gasteiger charge is -2.17. The van der Waals surface area contributed by atoms with Gasteiger partial charge in [-0.2, -0.15) is 4.98 Å². The van der Waals surface area contributed by atoms with Crippen LogP contribution in [-0.4, -0.2) is 28.7 Å². The minimum Gasteiger partial charge on any atom is -0.370 e. The third-order valence-corrected chi connectivity index (χ3v) is 4.75. The second-order valence-corrected chi connectivity index (χ2v) is 7.11. The molecule has 0 bridgehead atoms. The Morgan fingerprint density at radius 1 is 1.41 bits per heavy atom. The molecule has 1 unspecified atom stereocenters. The van der Waals surface area contributed by atoms with Crippen LogP contribution in [0.15, 0.2) is 27.7 Å². The Morgan fingerprint density at radius 3 is 2.85 bits per heavy atom. The summed E-state index contributed by atoms with van der Waals surface area (Å²) in [5.74, 6) is 1.46. The molecule has 0 radical (unpaired) electrons. The molecule has 27 heavy (non-hydrogen) atoms. The molecule has 3 N–H and O–H groups in total. The Labute approximate surface area is 185 Å². The average Bonchev–Trinajstić information content (AvgIpc) is 3.21. The molecule has 2 aromatic rings. The van der Waals surface area contributed by atoms with Gasteiger partial charge in [0.1, 0.15) is 6.10 Å². The van der Waals surface area contributed by atoms with Gasteiger partial charge < -0.3 is 20.3 Å². The Morgan fingerprint density at radius 2 is 2.19 bits per heavy atom. The van der Waals surface area contributed by atoms with Gasteiger partial charge in [-0.25, -0.2) is 0 Å². The van der Waals surface area contributed by atoms with Crippen molar-refractivity contribution in [3.05, 3.63) is 45.5 Å². The van der Waals surface area contributed by atoms with E-state index in [4.69, 9.17) is 38.2 Å². The van der Waals surface area contributed by atoms with E-state index in [1.54, 1.807) is 19.1 Å². The molecule has 1 aliphatic heterocycles. The summed E-state index contributed by atoms with van der Waals surface area (Å²) in [6.07, 6.45) is 1.49. The zero-order valence-electron chi connectivity index (χ0n) is 15.0. The van der Waals surface area contributed by atoms with Crippen LogP contribution >= 0.6 is 47.2 Å². The van der Waals surface area contributed by atoms with Crippen LogP contribution in [0.3, 0.4) is 0 Å². The number of hydrogen-bond donors (Lipinski definition) is 2. The van der Waals surface area contributed by atoms with Crippen LogP contribution in [0.1, 0.15) is 49.2 Å². The van der Waals surface area contributed by atoms with E-state index in [1.165, 1.54) is 0 Å². The van der Waals surface area contributed by atoms with E-state index in [0.717, 1.165) is 18.4 Å². The van der Waals surface area contributed by atoms with E-state index < -0.39 is 0 Å². The lowest BCUT2D eigenvalue weighted by molar-refractivity contribution is 0.0309. The van der Waals surface area contributed by atoms with Crippen LogP contribution in [0.2, 0.25) is 10.0 Å². The summed E-state index contributed by atoms with van der Waals surface area (Å²) < 4.78 is 11.1. The van der Waals surface area contributed by atoms with E-state index in [2.05, 4.69) is 20.4 Å². The van der Waals surface area contributed by atoms with E-state index in [1.807, 2.05) is 13.0 Å². The first-order chi connectivity index (χ1) is 12.4. The summed E-state index contributed by atoms with van der Waals surface area (Å²) in [6.45, 7) is 4.20. The highest BCUT2D eigenvalue weighted by molar-refractivity contribution is 14.0. The summed E-state index contributed by atoms with van der Waals surface area (Å²) in [5.41, 5.74) is 6.89. The van der Waals surface area contributed by atoms with Gasteiger partial charge in [-0.3, -0.25) is 4.99 Å². The van der Waals surface area contributed by atoms with Crippen LogP contribution in [0.4, 0.5) is 0 Å². The van der Waals surface area contributed by atoms with Gasteiger partial charge in [0.15, 0.2) is 11.8 Å². The van der Waals surface area contributed by atoms with Crippen molar-refractivity contribution in [3.8, 4) is 0 Å². The second kappa shape index (κ2) is 9.90. The monoisotopic (exact) mass is 525 g/mol. The molecule has 1 aromatic carbocycles. The normalized spacial score (nSPS) is 21.0. The third kappa shape index (κ3) is 5.94. The van der Waals surface area contributed by atoms with Crippen LogP contribution in [-0.2, 0) is 4.74 Å². The van der Waals surface area contributed by atoms with Gasteiger partial charge in [0.05, 0.1) is 18.7 Å². The first kappa shape index (κ1) is 22.2. The van der Waals surface area contributed by atoms with Gasteiger partial charge >= 0.3 is 0 Å². The highest BCUT2D eigenvalue weighted by Crippen LogP contribution is 2.31. The molecule has 1 aliphatic rings. The molecule has 0 spiro atoms. The molecule has 3 atom stereocenters. The Bertz CT molecular complexity index is 801. The quantitative estimate of drug-likeness (QED) is 0.345. The molecule has 0 aliphatic carbocycles. The fourth-order valence-corrected chi connectivity index (χ4v) is 3.44. The summed E-state index contributed by atoms with van der Waals surface area (Å²) in [6, 6.07) is 5.27. The fraction of sp³-hybridized carbons (Fsp3) is 0.471. The molecule has 1 saturated heterocycles. The van der Waals surface area contributed by atoms with Crippen LogP contribution in [0, 0.1) is 6.92 Å². The predicted octanol–water partition coefficient (Wildman–Crippen LogP) is 4.19. The van der Waals surface area contributed by atoms with Crippen molar-refractivity contribution in [1.29, 1.82) is 0 Å². The maximum absolute atomic E-state index is 6.22. The maximum Gasteiger partial charge on any atom is 0.255 e. The molecule has 0 saturated carbocycles. The van der Waals surface area contributed by atoms with Gasteiger partial charge in [-0.1, -0.05) is 34.4 Å². The van der Waals surface area contributed by atoms with Crippen molar-refractivity contribution >= 4 is 53.1 Å². The van der Waals surface area contributed by atoms with Gasteiger partial charge in [-0.05, 0) is 44.4 Å². The Balaban J connectivity index is 0.00000261. The highest BCUT2D eigenvalue weighted by Gasteiger charge is 2.30. The number of ether oxygens (including phenoxy) is 1. The van der Waals surface area contributed by atoms with Crippen molar-refractivity contribution in [3.63, 3.8) is 0 Å². The number of aryl methyl sites for hydroxylation is 1. The highest BCUT2D eigenvalue weighted by atomic mass is 127. The van der Waals surface area contributed by atoms with E-state index in [-0.39, 0.29) is 42.2 Å². The average molecular weight is 526 g/mol. The summed E-state index contributed by atoms with van der Waals surface area (Å²) in [4.78, 5) is 8.59. The molecule has 1 aromatic heterocycles. The number of hydrogen-bond acceptors (Lipinski definition) is 5. The number of nitrogens with zero attached hydrogens (tertiary/aromatic N) is 3. The number of aromatic nitrogens is 2. The molecular weight excluding hydrogens is 504 g/mol. The fourth-order valence-electron chi connectivity index (χ4n) is 2.86. The molecule has 10 heteroatoms. The van der Waals surface area contributed by atoms with Crippen molar-refractivity contribution in [2.75, 3.05) is 6.54 Å². The SMILES string of the molecule is Cc1noc([C@@H]2CC[C@H](CN=C(N)NC(C)c3ccc(Cl)cc3Cl)O2)n1.I. The second-order valence-electron chi connectivity index (χ2n) is 6.26. The summed E-state index contributed by atoms with van der Waals surface area (Å²) >= 11 is 12.1. The number of nitrogens with one attached hydrogen (secondary N) is 1. The predicted molar refractivity (Wildman–Crippen MR) is 116 cm³/mol.